The van der Waals surface area contributed by atoms with Gasteiger partial charge in [-0.05, 0) is 85.2 Å². The molecule has 0 radical (unpaired) electrons. The lowest BCUT2D eigenvalue weighted by Gasteiger charge is -2.44. The minimum absolute atomic E-state index is 0.0937. The topological polar surface area (TPSA) is 128 Å². The second-order valence-corrected chi connectivity index (χ2v) is 11.6. The molecular weight excluding hydrogens is 527 g/mol. The summed E-state index contributed by atoms with van der Waals surface area (Å²) >= 11 is 0. The fraction of sp³-hybridized carbons (Fsp3) is 0.400. The highest BCUT2D eigenvalue weighted by Gasteiger charge is 2.57. The third-order valence-corrected chi connectivity index (χ3v) is 8.55. The Labute approximate surface area is 239 Å². The number of phenols is 1. The first kappa shape index (κ1) is 29.3. The standard InChI is InChI=1S/C30H34B2FNO7/c1-16(2)21-14-22-28(30(37)34(29(22)36)20-6-4-5-19(13-20)32(39)40)23-15-31(38)41-26(27(21)23)10-7-17(3)11-18-8-9-25(35)24(33)12-18/h4-6,8-9,11-13,16,22-23,26,28,35,38-40H,7,10,14-15H2,1-3H3/b17-11+/t22-,23+,26-,28-/m1/s1. The van der Waals surface area contributed by atoms with Gasteiger partial charge in [0, 0.05) is 0 Å². The maximum atomic E-state index is 13.9. The average molecular weight is 561 g/mol. The van der Waals surface area contributed by atoms with Crippen molar-refractivity contribution in [3.8, 4) is 5.75 Å². The molecule has 3 aliphatic rings. The van der Waals surface area contributed by atoms with Gasteiger partial charge in [-0.2, -0.15) is 0 Å². The number of amides is 2. The Hall–Kier alpha value is -3.24. The van der Waals surface area contributed by atoms with E-state index in [0.29, 0.717) is 30.5 Å². The predicted molar refractivity (Wildman–Crippen MR) is 154 cm³/mol. The molecule has 1 aliphatic carbocycles. The van der Waals surface area contributed by atoms with Crippen molar-refractivity contribution in [2.75, 3.05) is 4.90 Å². The van der Waals surface area contributed by atoms with E-state index in [2.05, 4.69) is 13.8 Å². The molecule has 0 spiro atoms. The number of carbonyl (C=O) groups is 2. The number of hydrogen-bond donors (Lipinski definition) is 4. The second-order valence-electron chi connectivity index (χ2n) is 11.6. The van der Waals surface area contributed by atoms with E-state index in [1.54, 1.807) is 18.2 Å². The monoisotopic (exact) mass is 561 g/mol. The molecule has 2 saturated heterocycles. The first-order chi connectivity index (χ1) is 19.5. The van der Waals surface area contributed by atoms with Crippen molar-refractivity contribution >= 4 is 43.3 Å². The molecular formula is C30H34B2FNO7. The Morgan fingerprint density at radius 1 is 1.17 bits per heavy atom. The number of phenolic OH excluding ortho intramolecular Hbond substituents is 1. The van der Waals surface area contributed by atoms with Crippen molar-refractivity contribution in [3.05, 3.63) is 70.6 Å². The van der Waals surface area contributed by atoms with Crippen LogP contribution in [0, 0.1) is 29.5 Å². The van der Waals surface area contributed by atoms with E-state index < -0.39 is 43.7 Å². The summed E-state index contributed by atoms with van der Waals surface area (Å²) in [6, 6.07) is 10.3. The molecule has 0 bridgehead atoms. The van der Waals surface area contributed by atoms with Crippen molar-refractivity contribution in [2.24, 2.45) is 23.7 Å². The molecule has 0 aromatic heterocycles. The molecule has 2 aromatic carbocycles. The number of aromatic hydroxyl groups is 1. The number of allylic oxidation sites excluding steroid dienone is 2. The van der Waals surface area contributed by atoms with E-state index in [0.717, 1.165) is 21.6 Å². The summed E-state index contributed by atoms with van der Waals surface area (Å²) in [5.41, 5.74) is 4.11. The molecule has 5 rings (SSSR count). The van der Waals surface area contributed by atoms with Crippen LogP contribution in [0.25, 0.3) is 6.08 Å². The lowest BCUT2D eigenvalue weighted by Crippen LogP contribution is -2.46. The van der Waals surface area contributed by atoms with Gasteiger partial charge in [0.05, 0.1) is 23.6 Å². The molecule has 11 heteroatoms. The van der Waals surface area contributed by atoms with Crippen LogP contribution in [0.2, 0.25) is 6.32 Å². The molecule has 4 N–H and O–H groups in total. The number of benzene rings is 2. The first-order valence-electron chi connectivity index (χ1n) is 14.0. The number of fused-ring (bicyclic) bond motifs is 3. The molecule has 214 valence electrons. The number of rotatable bonds is 7. The Bertz CT molecular complexity index is 1430. The van der Waals surface area contributed by atoms with Crippen LogP contribution in [-0.2, 0) is 14.2 Å². The van der Waals surface area contributed by atoms with Gasteiger partial charge < -0.3 is 24.8 Å². The van der Waals surface area contributed by atoms with Crippen LogP contribution in [0.5, 0.6) is 5.75 Å². The van der Waals surface area contributed by atoms with Gasteiger partial charge in [0.25, 0.3) is 0 Å². The molecule has 41 heavy (non-hydrogen) atoms. The zero-order valence-corrected chi connectivity index (χ0v) is 23.3. The smallest absolute Gasteiger partial charge is 0.488 e. The van der Waals surface area contributed by atoms with Crippen LogP contribution in [0.1, 0.15) is 45.6 Å². The van der Waals surface area contributed by atoms with Crippen molar-refractivity contribution in [1.29, 1.82) is 0 Å². The zero-order valence-electron chi connectivity index (χ0n) is 23.3. The lowest BCUT2D eigenvalue weighted by molar-refractivity contribution is -0.122. The van der Waals surface area contributed by atoms with Gasteiger partial charge in [0.1, 0.15) is 0 Å². The third-order valence-electron chi connectivity index (χ3n) is 8.55. The van der Waals surface area contributed by atoms with Crippen molar-refractivity contribution in [3.63, 3.8) is 0 Å². The molecule has 0 saturated carbocycles. The molecule has 2 amide bonds. The Morgan fingerprint density at radius 2 is 1.93 bits per heavy atom. The quantitative estimate of drug-likeness (QED) is 0.233. The van der Waals surface area contributed by atoms with Gasteiger partial charge in [0.15, 0.2) is 11.6 Å². The van der Waals surface area contributed by atoms with Gasteiger partial charge in [0.2, 0.25) is 11.8 Å². The second kappa shape index (κ2) is 11.6. The van der Waals surface area contributed by atoms with E-state index in [4.69, 9.17) is 4.65 Å². The summed E-state index contributed by atoms with van der Waals surface area (Å²) in [5, 5.41) is 39.5. The Balaban J connectivity index is 1.43. The van der Waals surface area contributed by atoms with E-state index in [9.17, 15) is 34.2 Å². The predicted octanol–water partition coefficient (Wildman–Crippen LogP) is 3.05. The van der Waals surface area contributed by atoms with Gasteiger partial charge in [-0.1, -0.05) is 49.3 Å². The Morgan fingerprint density at radius 3 is 2.61 bits per heavy atom. The molecule has 0 unspecified atom stereocenters. The zero-order chi connectivity index (χ0) is 29.6. The van der Waals surface area contributed by atoms with Gasteiger partial charge in [-0.3, -0.25) is 14.5 Å². The number of imide groups is 1. The van der Waals surface area contributed by atoms with E-state index >= 15 is 0 Å². The number of anilines is 1. The van der Waals surface area contributed by atoms with E-state index in [1.165, 1.54) is 24.3 Å². The summed E-state index contributed by atoms with van der Waals surface area (Å²) in [5.74, 6) is -3.28. The van der Waals surface area contributed by atoms with Crippen molar-refractivity contribution in [1.82, 2.24) is 0 Å². The molecule has 2 aliphatic heterocycles. The summed E-state index contributed by atoms with van der Waals surface area (Å²) in [6.07, 6.45) is 3.11. The normalized spacial score (nSPS) is 24.7. The van der Waals surface area contributed by atoms with Crippen LogP contribution in [0.3, 0.4) is 0 Å². The average Bonchev–Trinajstić information content (AvgIpc) is 3.18. The van der Waals surface area contributed by atoms with Gasteiger partial charge in [-0.25, -0.2) is 4.39 Å². The van der Waals surface area contributed by atoms with Crippen LogP contribution in [0.4, 0.5) is 10.1 Å². The fourth-order valence-corrected chi connectivity index (χ4v) is 6.66. The van der Waals surface area contributed by atoms with Crippen LogP contribution >= 0.6 is 0 Å². The molecule has 8 nitrogen and oxygen atoms in total. The fourth-order valence-electron chi connectivity index (χ4n) is 6.66. The van der Waals surface area contributed by atoms with Crippen LogP contribution in [-0.4, -0.2) is 52.3 Å². The molecule has 4 atom stereocenters. The van der Waals surface area contributed by atoms with Crippen molar-refractivity contribution < 1.29 is 38.8 Å². The molecule has 2 heterocycles. The van der Waals surface area contributed by atoms with Crippen molar-refractivity contribution in [2.45, 2.75) is 52.5 Å². The van der Waals surface area contributed by atoms with Gasteiger partial charge >= 0.3 is 14.2 Å². The maximum absolute atomic E-state index is 13.9. The minimum atomic E-state index is -1.73. The SMILES string of the molecule is C/C(=C\c1ccc(O)c(F)c1)CC[C@H]1OB(O)C[C@H]2C1=C(C(C)C)C[C@H]1C(=O)N(c3cccc(B(O)O)c3)C(=O)[C@H]12. The van der Waals surface area contributed by atoms with Gasteiger partial charge in [-0.15, -0.1) is 0 Å². The largest absolute Gasteiger partial charge is 0.505 e. The van der Waals surface area contributed by atoms with Crippen LogP contribution in [0.15, 0.2) is 59.2 Å². The summed E-state index contributed by atoms with van der Waals surface area (Å²) in [4.78, 5) is 28.7. The Kier molecular flexibility index (Phi) is 8.25. The highest BCUT2D eigenvalue weighted by molar-refractivity contribution is 6.58. The number of halogens is 1. The number of carbonyl (C=O) groups excluding carboxylic acids is 2. The maximum Gasteiger partial charge on any atom is 0.488 e. The van der Waals surface area contributed by atoms with E-state index in [-0.39, 0.29) is 35.4 Å². The summed E-state index contributed by atoms with van der Waals surface area (Å²) in [7, 11) is -2.83. The molecule has 2 fully saturated rings. The summed E-state index contributed by atoms with van der Waals surface area (Å²) < 4.78 is 19.8. The highest BCUT2D eigenvalue weighted by atomic mass is 19.1. The third kappa shape index (κ3) is 5.64. The highest BCUT2D eigenvalue weighted by Crippen LogP contribution is 2.52. The number of nitrogens with zero attached hydrogens (tertiary/aromatic N) is 1. The lowest BCUT2D eigenvalue weighted by atomic mass is 9.57. The number of hydrogen-bond acceptors (Lipinski definition) is 7. The molecule has 2 aromatic rings. The van der Waals surface area contributed by atoms with Crippen LogP contribution < -0.4 is 10.4 Å². The summed E-state index contributed by atoms with van der Waals surface area (Å²) in [6.45, 7) is 6.03. The first-order valence-corrected chi connectivity index (χ1v) is 14.0. The minimum Gasteiger partial charge on any atom is -0.505 e. The van der Waals surface area contributed by atoms with E-state index in [1.807, 2.05) is 13.0 Å².